The zero-order valence-corrected chi connectivity index (χ0v) is 16.8. The van der Waals surface area contributed by atoms with Gasteiger partial charge in [0.15, 0.2) is 0 Å². The molecule has 27 heavy (non-hydrogen) atoms. The van der Waals surface area contributed by atoms with Gasteiger partial charge >= 0.3 is 6.16 Å². The van der Waals surface area contributed by atoms with Gasteiger partial charge in [0, 0.05) is 10.6 Å². The first-order chi connectivity index (χ1) is 13.1. The Morgan fingerprint density at radius 2 is 1.85 bits per heavy atom. The molecule has 0 aliphatic heterocycles. The Labute approximate surface area is 165 Å². The van der Waals surface area contributed by atoms with Crippen LogP contribution in [-0.2, 0) is 24.2 Å². The van der Waals surface area contributed by atoms with E-state index in [0.717, 1.165) is 40.3 Å². The van der Waals surface area contributed by atoms with Gasteiger partial charge in [-0.1, -0.05) is 43.6 Å². The summed E-state index contributed by atoms with van der Waals surface area (Å²) in [6, 6.07) is 9.72. The fourth-order valence-corrected chi connectivity index (χ4v) is 3.50. The van der Waals surface area contributed by atoms with E-state index < -0.39 is 6.16 Å². The summed E-state index contributed by atoms with van der Waals surface area (Å²) < 4.78 is 16.1. The Bertz CT molecular complexity index is 827. The zero-order valence-electron chi connectivity index (χ0n) is 16.0. The monoisotopic (exact) mass is 388 g/mol. The predicted molar refractivity (Wildman–Crippen MR) is 106 cm³/mol. The van der Waals surface area contributed by atoms with Crippen LogP contribution in [0.3, 0.4) is 0 Å². The molecule has 2 aromatic rings. The number of hydrogen-bond donors (Lipinski definition) is 0. The van der Waals surface area contributed by atoms with Crippen molar-refractivity contribution in [3.63, 3.8) is 0 Å². The maximum absolute atomic E-state index is 11.6. The lowest BCUT2D eigenvalue weighted by Crippen LogP contribution is -2.11. The molecule has 2 aromatic carbocycles. The molecular formula is C22H25ClO4. The molecule has 5 heteroatoms. The lowest BCUT2D eigenvalue weighted by molar-refractivity contribution is 0.120. The van der Waals surface area contributed by atoms with Crippen LogP contribution in [-0.4, -0.2) is 13.3 Å². The molecule has 0 amide bonds. The van der Waals surface area contributed by atoms with Crippen molar-refractivity contribution in [1.82, 2.24) is 0 Å². The van der Waals surface area contributed by atoms with Crippen molar-refractivity contribution in [2.45, 2.75) is 52.1 Å². The fourth-order valence-electron chi connectivity index (χ4n) is 3.21. The number of carbonyl (C=O) groups excluding carboxylic acids is 1. The van der Waals surface area contributed by atoms with Gasteiger partial charge in [-0.15, -0.1) is 0 Å². The number of methoxy groups -OCH3 is 1. The van der Waals surface area contributed by atoms with Crippen molar-refractivity contribution in [3.05, 3.63) is 57.6 Å². The average molecular weight is 389 g/mol. The van der Waals surface area contributed by atoms with E-state index in [-0.39, 0.29) is 0 Å². The van der Waals surface area contributed by atoms with Crippen LogP contribution in [0.25, 0.3) is 0 Å². The molecule has 0 N–H and O–H groups in total. The molecule has 1 aliphatic rings. The molecule has 0 radical (unpaired) electrons. The molecule has 1 fully saturated rings. The van der Waals surface area contributed by atoms with Gasteiger partial charge in [-0.2, -0.15) is 0 Å². The molecule has 1 aliphatic carbocycles. The van der Waals surface area contributed by atoms with E-state index in [4.69, 9.17) is 21.1 Å². The quantitative estimate of drug-likeness (QED) is 0.426. The molecule has 0 atom stereocenters. The van der Waals surface area contributed by atoms with Crippen molar-refractivity contribution in [1.29, 1.82) is 0 Å². The minimum atomic E-state index is -0.737. The third kappa shape index (κ3) is 4.56. The lowest BCUT2D eigenvalue weighted by Gasteiger charge is -2.17. The van der Waals surface area contributed by atoms with Gasteiger partial charge in [0.2, 0.25) is 0 Å². The van der Waals surface area contributed by atoms with Gasteiger partial charge in [0.25, 0.3) is 0 Å². The molecule has 1 saturated carbocycles. The maximum atomic E-state index is 11.6. The molecular weight excluding hydrogens is 364 g/mol. The Kier molecular flexibility index (Phi) is 6.27. The highest BCUT2D eigenvalue weighted by atomic mass is 35.5. The van der Waals surface area contributed by atoms with Gasteiger partial charge in [0.05, 0.1) is 7.11 Å². The largest absolute Gasteiger partial charge is 0.513 e. The van der Waals surface area contributed by atoms with Crippen LogP contribution in [0.1, 0.15) is 54.9 Å². The molecule has 4 nitrogen and oxygen atoms in total. The molecule has 0 heterocycles. The minimum Gasteiger partial charge on any atom is -0.488 e. The Balaban J connectivity index is 1.88. The smallest absolute Gasteiger partial charge is 0.488 e. The number of rotatable bonds is 7. The van der Waals surface area contributed by atoms with Crippen LogP contribution in [0.5, 0.6) is 11.5 Å². The standard InChI is InChI=1S/C22H25ClO4/c1-4-14-7-6-8-20(27-22(24)25-3)18(14)13-26-21-12-19(23)15(5-2)11-17(21)16-9-10-16/h6-8,11-12,16H,4-5,9-10,13H2,1-3H3. The maximum Gasteiger partial charge on any atom is 0.513 e. The van der Waals surface area contributed by atoms with Gasteiger partial charge in [-0.05, 0) is 60.4 Å². The summed E-state index contributed by atoms with van der Waals surface area (Å²) in [6.07, 6.45) is 3.34. The van der Waals surface area contributed by atoms with Crippen molar-refractivity contribution >= 4 is 17.8 Å². The molecule has 0 aromatic heterocycles. The van der Waals surface area contributed by atoms with Gasteiger partial charge in [-0.3, -0.25) is 0 Å². The second-order valence-corrected chi connectivity index (χ2v) is 7.11. The third-order valence-electron chi connectivity index (χ3n) is 4.92. The highest BCUT2D eigenvalue weighted by molar-refractivity contribution is 6.31. The average Bonchev–Trinajstić information content (AvgIpc) is 3.51. The summed E-state index contributed by atoms with van der Waals surface area (Å²) in [6.45, 7) is 4.47. The van der Waals surface area contributed by atoms with Crippen LogP contribution in [0.15, 0.2) is 30.3 Å². The Hall–Kier alpha value is -2.20. The second-order valence-electron chi connectivity index (χ2n) is 6.70. The number of carbonyl (C=O) groups is 1. The molecule has 144 valence electrons. The van der Waals surface area contributed by atoms with Gasteiger partial charge in [-0.25, -0.2) is 4.79 Å². The SMILES string of the molecule is CCc1cc(C2CC2)c(OCc2c(CC)cccc2OC(=O)OC)cc1Cl. The third-order valence-corrected chi connectivity index (χ3v) is 5.27. The Morgan fingerprint density at radius 3 is 2.48 bits per heavy atom. The number of hydrogen-bond acceptors (Lipinski definition) is 4. The normalized spacial score (nSPS) is 13.3. The molecule has 0 saturated heterocycles. The lowest BCUT2D eigenvalue weighted by atomic mass is 10.0. The first-order valence-corrected chi connectivity index (χ1v) is 9.76. The number of ether oxygens (including phenoxy) is 3. The van der Waals surface area contributed by atoms with E-state index >= 15 is 0 Å². The molecule has 3 rings (SSSR count). The molecule has 0 unspecified atom stereocenters. The highest BCUT2D eigenvalue weighted by Crippen LogP contribution is 2.46. The van der Waals surface area contributed by atoms with Crippen molar-refractivity contribution in [2.24, 2.45) is 0 Å². The van der Waals surface area contributed by atoms with Crippen molar-refractivity contribution in [2.75, 3.05) is 7.11 Å². The van der Waals surface area contributed by atoms with E-state index in [1.807, 2.05) is 18.2 Å². The number of benzene rings is 2. The van der Waals surface area contributed by atoms with Gasteiger partial charge in [0.1, 0.15) is 18.1 Å². The van der Waals surface area contributed by atoms with Crippen LogP contribution in [0, 0.1) is 0 Å². The minimum absolute atomic E-state index is 0.303. The summed E-state index contributed by atoms with van der Waals surface area (Å²) in [5, 5.41) is 0.728. The molecule has 0 bridgehead atoms. The van der Waals surface area contributed by atoms with E-state index in [9.17, 15) is 4.79 Å². The van der Waals surface area contributed by atoms with E-state index in [0.29, 0.717) is 18.3 Å². The number of halogens is 1. The van der Waals surface area contributed by atoms with Gasteiger partial charge < -0.3 is 14.2 Å². The predicted octanol–water partition coefficient (Wildman–Crippen LogP) is 6.07. The zero-order chi connectivity index (χ0) is 19.4. The van der Waals surface area contributed by atoms with Crippen LogP contribution in [0.2, 0.25) is 5.02 Å². The van der Waals surface area contributed by atoms with Crippen LogP contribution < -0.4 is 9.47 Å². The summed E-state index contributed by atoms with van der Waals surface area (Å²) in [7, 11) is 1.29. The fraction of sp³-hybridized carbons (Fsp3) is 0.409. The summed E-state index contributed by atoms with van der Waals surface area (Å²) in [5.74, 6) is 1.83. The van der Waals surface area contributed by atoms with E-state index in [1.165, 1.54) is 25.5 Å². The topological polar surface area (TPSA) is 44.8 Å². The highest BCUT2D eigenvalue weighted by Gasteiger charge is 2.28. The first-order valence-electron chi connectivity index (χ1n) is 9.39. The Morgan fingerprint density at radius 1 is 1.11 bits per heavy atom. The summed E-state index contributed by atoms with van der Waals surface area (Å²) in [4.78, 5) is 11.6. The first kappa shape index (κ1) is 19.6. The number of aryl methyl sites for hydroxylation is 2. The van der Waals surface area contributed by atoms with Crippen LogP contribution >= 0.6 is 11.6 Å². The van der Waals surface area contributed by atoms with Crippen molar-refractivity contribution < 1.29 is 19.0 Å². The van der Waals surface area contributed by atoms with E-state index in [1.54, 1.807) is 6.07 Å². The van der Waals surface area contributed by atoms with Crippen molar-refractivity contribution in [3.8, 4) is 11.5 Å². The summed E-state index contributed by atoms with van der Waals surface area (Å²) >= 11 is 6.42. The summed E-state index contributed by atoms with van der Waals surface area (Å²) in [5.41, 5.74) is 4.29. The van der Waals surface area contributed by atoms with E-state index in [2.05, 4.69) is 24.7 Å². The second kappa shape index (κ2) is 8.66. The van der Waals surface area contributed by atoms with Crippen LogP contribution in [0.4, 0.5) is 4.79 Å². The molecule has 0 spiro atoms.